The molecule has 0 radical (unpaired) electrons. The van der Waals surface area contributed by atoms with Crippen molar-refractivity contribution in [3.63, 3.8) is 0 Å². The number of hydrogen-bond donors (Lipinski definition) is 0. The lowest BCUT2D eigenvalue weighted by atomic mass is 9.69. The molecule has 0 saturated heterocycles. The molecule has 55 heavy (non-hydrogen) atoms. The van der Waals surface area contributed by atoms with Crippen LogP contribution in [-0.2, 0) is 0 Å². The molecule has 1 fully saturated rings. The Bertz CT molecular complexity index is 2110. The molecule has 8 rings (SSSR count). The maximum Gasteiger partial charge on any atom is 0.00990 e. The lowest BCUT2D eigenvalue weighted by Gasteiger charge is -2.35. The van der Waals surface area contributed by atoms with Crippen molar-refractivity contribution in [2.24, 2.45) is 23.7 Å². The monoisotopic (exact) mass is 725 g/mol. The summed E-state index contributed by atoms with van der Waals surface area (Å²) >= 11 is 0. The predicted molar refractivity (Wildman–Crippen MR) is 240 cm³/mol. The van der Waals surface area contributed by atoms with Crippen molar-refractivity contribution >= 4 is 36.0 Å². The van der Waals surface area contributed by atoms with Gasteiger partial charge in [0, 0.05) is 11.8 Å². The maximum absolute atomic E-state index is 2.55. The Kier molecular flexibility index (Phi) is 11.1. The molecule has 0 spiro atoms. The number of rotatable bonds is 11. The summed E-state index contributed by atoms with van der Waals surface area (Å²) in [6, 6.07) is 31.0. The van der Waals surface area contributed by atoms with Crippen LogP contribution in [0.5, 0.6) is 0 Å². The zero-order chi connectivity index (χ0) is 38.2. The van der Waals surface area contributed by atoms with E-state index in [1.807, 2.05) is 0 Å². The van der Waals surface area contributed by atoms with Gasteiger partial charge in [-0.25, -0.2) is 0 Å². The number of fused-ring (bicyclic) bond motifs is 3. The fourth-order valence-corrected chi connectivity index (χ4v) is 10.5. The van der Waals surface area contributed by atoms with Gasteiger partial charge in [0.1, 0.15) is 0 Å². The molecule has 0 heteroatoms. The largest absolute Gasteiger partial charge is 0.0854 e. The van der Waals surface area contributed by atoms with Crippen molar-refractivity contribution in [1.82, 2.24) is 0 Å². The third kappa shape index (κ3) is 7.94. The van der Waals surface area contributed by atoms with Crippen molar-refractivity contribution in [2.75, 3.05) is 0 Å². The summed E-state index contributed by atoms with van der Waals surface area (Å²) in [5, 5.41) is 0. The van der Waals surface area contributed by atoms with E-state index >= 15 is 0 Å². The normalized spacial score (nSPS) is 26.4. The Morgan fingerprint density at radius 2 is 1.25 bits per heavy atom. The van der Waals surface area contributed by atoms with Gasteiger partial charge in [-0.2, -0.15) is 0 Å². The second-order valence-corrected chi connectivity index (χ2v) is 18.3. The molecule has 4 aliphatic rings. The summed E-state index contributed by atoms with van der Waals surface area (Å²) < 4.78 is 0. The van der Waals surface area contributed by atoms with Gasteiger partial charge >= 0.3 is 0 Å². The van der Waals surface area contributed by atoms with Gasteiger partial charge in [-0.15, -0.1) is 0 Å². The molecule has 4 aromatic carbocycles. The Balaban J connectivity index is 0.959. The van der Waals surface area contributed by atoms with Gasteiger partial charge in [-0.3, -0.25) is 0 Å². The second-order valence-electron chi connectivity index (χ2n) is 18.3. The van der Waals surface area contributed by atoms with Crippen LogP contribution in [0.1, 0.15) is 184 Å². The third-order valence-electron chi connectivity index (χ3n) is 14.2. The van der Waals surface area contributed by atoms with Crippen LogP contribution in [0.15, 0.2) is 91.0 Å². The highest BCUT2D eigenvalue weighted by atomic mass is 14.5. The Morgan fingerprint density at radius 3 is 1.91 bits per heavy atom. The molecule has 284 valence electrons. The van der Waals surface area contributed by atoms with E-state index in [-0.39, 0.29) is 0 Å². The molecular formula is C55H64. The average Bonchev–Trinajstić information content (AvgIpc) is 3.82. The van der Waals surface area contributed by atoms with Gasteiger partial charge in [0.05, 0.1) is 0 Å². The lowest BCUT2D eigenvalue weighted by Crippen LogP contribution is -2.20. The molecule has 1 saturated carbocycles. The molecule has 0 N–H and O–H groups in total. The molecule has 0 nitrogen and oxygen atoms in total. The number of allylic oxidation sites excluding steroid dienone is 3. The number of hydrogen-bond acceptors (Lipinski definition) is 0. The van der Waals surface area contributed by atoms with Gasteiger partial charge in [0.25, 0.3) is 0 Å². The van der Waals surface area contributed by atoms with Crippen molar-refractivity contribution in [1.29, 1.82) is 0 Å². The highest BCUT2D eigenvalue weighted by Crippen LogP contribution is 2.55. The van der Waals surface area contributed by atoms with E-state index in [4.69, 9.17) is 0 Å². The molecule has 4 aliphatic carbocycles. The van der Waals surface area contributed by atoms with Crippen molar-refractivity contribution in [3.05, 3.63) is 152 Å². The summed E-state index contributed by atoms with van der Waals surface area (Å²) in [6.45, 7) is 16.6. The fraction of sp³-hybridized carbons (Fsp3) is 0.418. The molecule has 8 unspecified atom stereocenters. The smallest absolute Gasteiger partial charge is 0.00990 e. The average molecular weight is 725 g/mol. The maximum atomic E-state index is 2.55. The van der Waals surface area contributed by atoms with E-state index < -0.39 is 0 Å². The molecule has 0 amide bonds. The Morgan fingerprint density at radius 1 is 0.636 bits per heavy atom. The number of benzene rings is 4. The third-order valence-corrected chi connectivity index (χ3v) is 14.2. The first-order valence-electron chi connectivity index (χ1n) is 22.0. The molecule has 0 aromatic heterocycles. The Hall–Kier alpha value is -4.16. The summed E-state index contributed by atoms with van der Waals surface area (Å²) in [5.74, 6) is 6.20. The molecule has 0 aliphatic heterocycles. The lowest BCUT2D eigenvalue weighted by molar-refractivity contribution is 0.356. The van der Waals surface area contributed by atoms with E-state index in [1.165, 1.54) is 94.2 Å². The van der Waals surface area contributed by atoms with Crippen molar-refractivity contribution < 1.29 is 0 Å². The van der Waals surface area contributed by atoms with Crippen LogP contribution in [0.3, 0.4) is 0 Å². The van der Waals surface area contributed by atoms with Crippen molar-refractivity contribution in [2.45, 2.75) is 123 Å². The minimum absolute atomic E-state index is 0.419. The fourth-order valence-electron chi connectivity index (χ4n) is 10.5. The minimum Gasteiger partial charge on any atom is -0.0854 e. The first-order valence-corrected chi connectivity index (χ1v) is 22.0. The molecule has 0 heterocycles. The van der Waals surface area contributed by atoms with Crippen LogP contribution < -0.4 is 0 Å². The highest BCUT2D eigenvalue weighted by Gasteiger charge is 2.43. The van der Waals surface area contributed by atoms with Crippen molar-refractivity contribution in [3.8, 4) is 0 Å². The van der Waals surface area contributed by atoms with Crippen LogP contribution >= 0.6 is 0 Å². The first-order chi connectivity index (χ1) is 26.7. The molecular weight excluding hydrogens is 661 g/mol. The van der Waals surface area contributed by atoms with Crippen LogP contribution in [0.2, 0.25) is 0 Å². The second kappa shape index (κ2) is 16.1. The summed E-state index contributed by atoms with van der Waals surface area (Å²) in [4.78, 5) is 0. The predicted octanol–water partition coefficient (Wildman–Crippen LogP) is 15.9. The van der Waals surface area contributed by atoms with E-state index in [0.717, 1.165) is 36.0 Å². The van der Waals surface area contributed by atoms with Gasteiger partial charge in [-0.05, 0) is 147 Å². The SMILES string of the molecule is CCC1C(c2ccc(/C=C/c3ccc4c(c3)C(C3CC3C)CCC4C(C)CC)cc2)=Cc2ccc(/C=C/c3ccc4c(c3)C(C)CCC4/C=C/C(C)C)cc21. The van der Waals surface area contributed by atoms with Crippen LogP contribution in [0.25, 0.3) is 36.0 Å². The topological polar surface area (TPSA) is 0 Å². The molecule has 0 bridgehead atoms. The molecule has 8 atom stereocenters. The van der Waals surface area contributed by atoms with E-state index in [9.17, 15) is 0 Å². The zero-order valence-electron chi connectivity index (χ0n) is 34.7. The van der Waals surface area contributed by atoms with Gasteiger partial charge in [0.15, 0.2) is 0 Å². The summed E-state index contributed by atoms with van der Waals surface area (Å²) in [6.07, 6.45) is 25.6. The quantitative estimate of drug-likeness (QED) is 0.107. The van der Waals surface area contributed by atoms with Crippen LogP contribution in [0.4, 0.5) is 0 Å². The van der Waals surface area contributed by atoms with E-state index in [1.54, 1.807) is 11.1 Å². The Labute approximate surface area is 333 Å². The van der Waals surface area contributed by atoms with E-state index in [2.05, 4.69) is 170 Å². The van der Waals surface area contributed by atoms with Gasteiger partial charge < -0.3 is 0 Å². The first kappa shape index (κ1) is 37.7. The summed E-state index contributed by atoms with van der Waals surface area (Å²) in [7, 11) is 0. The van der Waals surface area contributed by atoms with Gasteiger partial charge in [-0.1, -0.05) is 176 Å². The van der Waals surface area contributed by atoms with Gasteiger partial charge in [0.2, 0.25) is 0 Å². The summed E-state index contributed by atoms with van der Waals surface area (Å²) in [5.41, 5.74) is 17.2. The van der Waals surface area contributed by atoms with Crippen LogP contribution in [0, 0.1) is 23.7 Å². The minimum atomic E-state index is 0.419. The van der Waals surface area contributed by atoms with Crippen LogP contribution in [-0.4, -0.2) is 0 Å². The highest BCUT2D eigenvalue weighted by molar-refractivity contribution is 5.92. The standard InChI is InChI=1S/C55H64/c1-8-36(5)47-28-29-50(51-30-38(51)7)55-33-42(20-27-49(47)55)13-12-39-16-23-44(24-17-39)54-34-45-25-18-40(32-53(45)46(54)9-2)14-15-41-19-26-48-43(21-10-35(3)4)22-11-37(6)52(48)31-41/h10,12-21,23-27,31-38,43,46-47,50-51H,8-9,11,22,28-30H2,1-7H3/b13-12+,15-14+,21-10+. The molecule has 4 aromatic rings. The zero-order valence-corrected chi connectivity index (χ0v) is 34.7. The van der Waals surface area contributed by atoms with E-state index in [0.29, 0.717) is 23.7 Å².